The summed E-state index contributed by atoms with van der Waals surface area (Å²) >= 11 is 0. The molecule has 0 atom stereocenters. The van der Waals surface area contributed by atoms with E-state index >= 15 is 0 Å². The molecule has 39 heavy (non-hydrogen) atoms. The molecular formula is C33H28N2O4. The molecule has 0 saturated carbocycles. The first kappa shape index (κ1) is 25.7. The van der Waals surface area contributed by atoms with Gasteiger partial charge in [0.2, 0.25) is 5.88 Å². The number of esters is 1. The topological polar surface area (TPSA) is 81.4 Å². The van der Waals surface area contributed by atoms with E-state index in [1.807, 2.05) is 36.4 Å². The van der Waals surface area contributed by atoms with E-state index in [4.69, 9.17) is 19.2 Å². The van der Waals surface area contributed by atoms with Crippen LogP contribution in [0.4, 0.5) is 0 Å². The lowest BCUT2D eigenvalue weighted by Crippen LogP contribution is -2.06. The second-order valence-electron chi connectivity index (χ2n) is 9.19. The number of hydrogen-bond acceptors (Lipinski definition) is 6. The molecule has 1 heterocycles. The van der Waals surface area contributed by atoms with Crippen molar-refractivity contribution in [2.45, 2.75) is 19.8 Å². The van der Waals surface area contributed by atoms with Gasteiger partial charge in [0.15, 0.2) is 0 Å². The highest BCUT2D eigenvalue weighted by molar-refractivity contribution is 6.08. The maximum Gasteiger partial charge on any atom is 0.302 e. The fourth-order valence-corrected chi connectivity index (χ4v) is 4.64. The number of unbranched alkanes of at least 4 members (excludes halogenated alkanes) is 1. The van der Waals surface area contributed by atoms with Gasteiger partial charge in [-0.25, -0.2) is 4.98 Å². The first-order chi connectivity index (χ1) is 19.1. The summed E-state index contributed by atoms with van der Waals surface area (Å²) < 4.78 is 16.4. The molecule has 1 aromatic heterocycles. The van der Waals surface area contributed by atoms with Gasteiger partial charge in [-0.3, -0.25) is 4.79 Å². The highest BCUT2D eigenvalue weighted by Crippen LogP contribution is 2.36. The normalized spacial score (nSPS) is 10.8. The summed E-state index contributed by atoms with van der Waals surface area (Å²) in [5.74, 6) is 0.717. The molecule has 0 radical (unpaired) electrons. The summed E-state index contributed by atoms with van der Waals surface area (Å²) in [6.45, 7) is 2.07. The lowest BCUT2D eigenvalue weighted by Gasteiger charge is -2.14. The zero-order valence-corrected chi connectivity index (χ0v) is 21.9. The predicted octanol–water partition coefficient (Wildman–Crippen LogP) is 7.32. The number of nitriles is 1. The van der Waals surface area contributed by atoms with Crippen molar-refractivity contribution in [1.82, 2.24) is 4.98 Å². The minimum atomic E-state index is -0.301. The van der Waals surface area contributed by atoms with E-state index in [9.17, 15) is 10.1 Å². The number of aromatic nitrogens is 1. The molecule has 0 aliphatic carbocycles. The summed E-state index contributed by atoms with van der Waals surface area (Å²) in [4.78, 5) is 15.8. The minimum Gasteiger partial charge on any atom is -0.497 e. The molecule has 0 aliphatic rings. The maximum atomic E-state index is 11.0. The maximum absolute atomic E-state index is 11.0. The molecule has 0 saturated heterocycles. The fraction of sp³-hybridized carbons (Fsp3) is 0.182. The highest BCUT2D eigenvalue weighted by Gasteiger charge is 2.17. The third kappa shape index (κ3) is 5.68. The summed E-state index contributed by atoms with van der Waals surface area (Å²) in [7, 11) is 1.62. The number of carbonyl (C=O) groups is 1. The molecule has 4 aromatic carbocycles. The molecule has 0 bridgehead atoms. The Balaban J connectivity index is 1.55. The molecule has 0 fully saturated rings. The lowest BCUT2D eigenvalue weighted by molar-refractivity contribution is -0.141. The summed E-state index contributed by atoms with van der Waals surface area (Å²) in [6.07, 6.45) is 1.32. The zero-order valence-electron chi connectivity index (χ0n) is 21.9. The quantitative estimate of drug-likeness (QED) is 0.116. The average molecular weight is 517 g/mol. The molecule has 0 unspecified atom stereocenters. The molecule has 0 aliphatic heterocycles. The summed E-state index contributed by atoms with van der Waals surface area (Å²) in [6, 6.07) is 30.7. The van der Waals surface area contributed by atoms with Crippen molar-refractivity contribution in [3.63, 3.8) is 0 Å². The van der Waals surface area contributed by atoms with Crippen LogP contribution in [-0.4, -0.2) is 31.3 Å². The van der Waals surface area contributed by atoms with Crippen LogP contribution in [0, 0.1) is 11.3 Å². The van der Waals surface area contributed by atoms with Crippen molar-refractivity contribution in [2.24, 2.45) is 0 Å². The van der Waals surface area contributed by atoms with Crippen LogP contribution in [0.1, 0.15) is 25.3 Å². The van der Waals surface area contributed by atoms with Gasteiger partial charge in [-0.2, -0.15) is 5.26 Å². The van der Waals surface area contributed by atoms with E-state index in [2.05, 4.69) is 54.6 Å². The standard InChI is InChI=1S/C33H28N2O4/c1-22(36)38-17-5-6-18-39-33-31(21-34)30(24-11-14-27(37-2)15-12-24)20-32(35-33)26-13-16-29-25(19-26)10-9-23-7-3-4-8-28(23)29/h3-4,7-16,19-20H,5-6,17-18H2,1-2H3. The molecular weight excluding hydrogens is 488 g/mol. The third-order valence-corrected chi connectivity index (χ3v) is 6.62. The second kappa shape index (κ2) is 11.7. The van der Waals surface area contributed by atoms with E-state index in [0.717, 1.165) is 27.8 Å². The van der Waals surface area contributed by atoms with E-state index in [1.165, 1.54) is 23.1 Å². The number of rotatable bonds is 9. The van der Waals surface area contributed by atoms with E-state index in [-0.39, 0.29) is 11.8 Å². The number of carbonyl (C=O) groups excluding carboxylic acids is 1. The van der Waals surface area contributed by atoms with Crippen LogP contribution < -0.4 is 9.47 Å². The van der Waals surface area contributed by atoms with Crippen LogP contribution in [0.5, 0.6) is 11.6 Å². The van der Waals surface area contributed by atoms with Crippen molar-refractivity contribution in [1.29, 1.82) is 5.26 Å². The van der Waals surface area contributed by atoms with Gasteiger partial charge in [0.1, 0.15) is 17.4 Å². The van der Waals surface area contributed by atoms with Crippen LogP contribution in [0.3, 0.4) is 0 Å². The Morgan fingerprint density at radius 3 is 2.33 bits per heavy atom. The van der Waals surface area contributed by atoms with Gasteiger partial charge in [-0.05, 0) is 64.2 Å². The molecule has 6 nitrogen and oxygen atoms in total. The van der Waals surface area contributed by atoms with E-state index in [0.29, 0.717) is 37.3 Å². The SMILES string of the molecule is COc1ccc(-c2cc(-c3ccc4c(ccc5ccccc54)c3)nc(OCCCCOC(C)=O)c2C#N)cc1. The molecule has 5 rings (SSSR count). The van der Waals surface area contributed by atoms with Gasteiger partial charge in [0.05, 0.1) is 26.0 Å². The van der Waals surface area contributed by atoms with Crippen LogP contribution in [-0.2, 0) is 9.53 Å². The Morgan fingerprint density at radius 2 is 1.56 bits per heavy atom. The minimum absolute atomic E-state index is 0.284. The van der Waals surface area contributed by atoms with Gasteiger partial charge in [0, 0.05) is 18.1 Å². The van der Waals surface area contributed by atoms with Crippen LogP contribution in [0.2, 0.25) is 0 Å². The largest absolute Gasteiger partial charge is 0.497 e. The third-order valence-electron chi connectivity index (χ3n) is 6.62. The molecule has 0 N–H and O–H groups in total. The molecule has 0 spiro atoms. The summed E-state index contributed by atoms with van der Waals surface area (Å²) in [5.41, 5.74) is 3.61. The van der Waals surface area contributed by atoms with Gasteiger partial charge in [-0.1, -0.05) is 60.7 Å². The van der Waals surface area contributed by atoms with Crippen molar-refractivity contribution in [2.75, 3.05) is 20.3 Å². The van der Waals surface area contributed by atoms with E-state index < -0.39 is 0 Å². The Kier molecular flexibility index (Phi) is 7.70. The van der Waals surface area contributed by atoms with Crippen molar-refractivity contribution in [3.8, 4) is 40.1 Å². The number of ether oxygens (including phenoxy) is 3. The van der Waals surface area contributed by atoms with Crippen molar-refractivity contribution in [3.05, 3.63) is 90.5 Å². The predicted molar refractivity (Wildman–Crippen MR) is 153 cm³/mol. The first-order valence-electron chi connectivity index (χ1n) is 12.8. The van der Waals surface area contributed by atoms with Gasteiger partial charge in [0.25, 0.3) is 0 Å². The Hall–Kier alpha value is -4.89. The van der Waals surface area contributed by atoms with Crippen LogP contribution in [0.15, 0.2) is 84.9 Å². The van der Waals surface area contributed by atoms with Gasteiger partial charge in [-0.15, -0.1) is 0 Å². The van der Waals surface area contributed by atoms with Gasteiger partial charge >= 0.3 is 5.97 Å². The monoisotopic (exact) mass is 516 g/mol. The second-order valence-corrected chi connectivity index (χ2v) is 9.19. The number of benzene rings is 4. The molecule has 194 valence electrons. The molecule has 5 aromatic rings. The molecule has 0 amide bonds. The first-order valence-corrected chi connectivity index (χ1v) is 12.8. The Morgan fingerprint density at radius 1 is 0.846 bits per heavy atom. The molecule has 6 heteroatoms. The summed E-state index contributed by atoms with van der Waals surface area (Å²) in [5, 5.41) is 14.8. The van der Waals surface area contributed by atoms with Crippen molar-refractivity contribution >= 4 is 27.5 Å². The highest BCUT2D eigenvalue weighted by atomic mass is 16.5. The number of nitrogens with zero attached hydrogens (tertiary/aromatic N) is 2. The van der Waals surface area contributed by atoms with Gasteiger partial charge < -0.3 is 14.2 Å². The number of fused-ring (bicyclic) bond motifs is 3. The van der Waals surface area contributed by atoms with E-state index in [1.54, 1.807) is 7.11 Å². The number of methoxy groups -OCH3 is 1. The van der Waals surface area contributed by atoms with Crippen LogP contribution in [0.25, 0.3) is 43.9 Å². The number of hydrogen-bond donors (Lipinski definition) is 0. The Labute approximate surface area is 227 Å². The van der Waals surface area contributed by atoms with Crippen LogP contribution >= 0.6 is 0 Å². The zero-order chi connectivity index (χ0) is 27.2. The average Bonchev–Trinajstić information content (AvgIpc) is 2.98. The lowest BCUT2D eigenvalue weighted by atomic mass is 9.96. The number of pyridine rings is 1. The smallest absolute Gasteiger partial charge is 0.302 e. The van der Waals surface area contributed by atoms with Crippen molar-refractivity contribution < 1.29 is 19.0 Å². The fourth-order valence-electron chi connectivity index (χ4n) is 4.64. The Bertz CT molecular complexity index is 1690.